The largest absolute Gasteiger partial charge is 0.459 e. The third-order valence-electron chi connectivity index (χ3n) is 15.3. The molecule has 3 aliphatic heterocycles. The Morgan fingerprint density at radius 2 is 1.65 bits per heavy atom. The number of carbonyl (C=O) groups is 1. The van der Waals surface area contributed by atoms with Gasteiger partial charge in [0.1, 0.15) is 30.0 Å². The summed E-state index contributed by atoms with van der Waals surface area (Å²) in [7, 11) is 5.36. The molecule has 1 unspecified atom stereocenters. The Kier molecular flexibility index (Phi) is 18.8. The molecular formula is C49H83N5O11S. The molecule has 0 bridgehead atoms. The summed E-state index contributed by atoms with van der Waals surface area (Å²) in [6.45, 7) is 19.7. The van der Waals surface area contributed by atoms with Crippen LogP contribution in [0.2, 0.25) is 0 Å². The Morgan fingerprint density at radius 3 is 2.27 bits per heavy atom. The van der Waals surface area contributed by atoms with Gasteiger partial charge in [-0.2, -0.15) is 0 Å². The molecule has 0 radical (unpaired) electrons. The average molecular weight is 950 g/mol. The van der Waals surface area contributed by atoms with E-state index in [-0.39, 0.29) is 37.3 Å². The third kappa shape index (κ3) is 12.5. The molecule has 3 aliphatic rings. The van der Waals surface area contributed by atoms with Crippen molar-refractivity contribution in [1.29, 1.82) is 0 Å². The smallest absolute Gasteiger partial charge is 0.309 e. The summed E-state index contributed by atoms with van der Waals surface area (Å²) in [5, 5.41) is 68.8. The molecule has 66 heavy (non-hydrogen) atoms. The van der Waals surface area contributed by atoms with Crippen molar-refractivity contribution in [2.75, 3.05) is 40.6 Å². The lowest BCUT2D eigenvalue weighted by atomic mass is 9.68. The first-order valence-corrected chi connectivity index (χ1v) is 25.2. The highest BCUT2D eigenvalue weighted by molar-refractivity contribution is 7.98. The van der Waals surface area contributed by atoms with Crippen molar-refractivity contribution in [1.82, 2.24) is 24.8 Å². The second-order valence-corrected chi connectivity index (χ2v) is 21.7. The zero-order valence-corrected chi connectivity index (χ0v) is 42.9. The summed E-state index contributed by atoms with van der Waals surface area (Å²) in [5.41, 5.74) is -2.45. The number of nitrogens with zero attached hydrogens (tertiary/aromatic N) is 5. The van der Waals surface area contributed by atoms with Gasteiger partial charge in [-0.15, -0.1) is 16.9 Å². The van der Waals surface area contributed by atoms with E-state index in [0.29, 0.717) is 32.5 Å². The molecule has 0 spiro atoms. The summed E-state index contributed by atoms with van der Waals surface area (Å²) in [6.07, 6.45) is -2.52. The summed E-state index contributed by atoms with van der Waals surface area (Å²) < 4.78 is 34.0. The summed E-state index contributed by atoms with van der Waals surface area (Å²) in [4.78, 5) is 19.8. The fourth-order valence-corrected chi connectivity index (χ4v) is 11.5. The monoisotopic (exact) mass is 950 g/mol. The van der Waals surface area contributed by atoms with Gasteiger partial charge in [-0.3, -0.25) is 4.79 Å². The summed E-state index contributed by atoms with van der Waals surface area (Å²) in [5.74, 6) is -3.06. The van der Waals surface area contributed by atoms with Gasteiger partial charge in [0.25, 0.3) is 0 Å². The van der Waals surface area contributed by atoms with E-state index >= 15 is 0 Å². The van der Waals surface area contributed by atoms with Crippen LogP contribution in [0.25, 0.3) is 0 Å². The maximum atomic E-state index is 14.6. The first kappa shape index (κ1) is 54.7. The fourth-order valence-electron chi connectivity index (χ4n) is 11.1. The number of cyclic esters (lactones) is 1. The third-order valence-corrected chi connectivity index (χ3v) is 16.0. The predicted octanol–water partition coefficient (Wildman–Crippen LogP) is 4.15. The maximum Gasteiger partial charge on any atom is 0.309 e. The molecule has 16 nitrogen and oxygen atoms in total. The maximum absolute atomic E-state index is 14.6. The highest BCUT2D eigenvalue weighted by Gasteiger charge is 2.55. The van der Waals surface area contributed by atoms with Gasteiger partial charge in [0.15, 0.2) is 6.29 Å². The van der Waals surface area contributed by atoms with Crippen molar-refractivity contribution in [2.24, 2.45) is 23.7 Å². The van der Waals surface area contributed by atoms with Gasteiger partial charge in [-0.05, 0) is 111 Å². The van der Waals surface area contributed by atoms with E-state index in [1.165, 1.54) is 18.9 Å². The van der Waals surface area contributed by atoms with Crippen molar-refractivity contribution >= 4 is 17.7 Å². The van der Waals surface area contributed by atoms with Crippen LogP contribution in [-0.2, 0) is 41.4 Å². The molecule has 5 rings (SSSR count). The number of carbonyl (C=O) groups excluding carboxylic acids is 1. The quantitative estimate of drug-likeness (QED) is 0.150. The second kappa shape index (κ2) is 22.7. The predicted molar refractivity (Wildman–Crippen MR) is 253 cm³/mol. The van der Waals surface area contributed by atoms with Gasteiger partial charge < -0.3 is 59.0 Å². The van der Waals surface area contributed by atoms with Crippen LogP contribution in [-0.4, -0.2) is 181 Å². The van der Waals surface area contributed by atoms with E-state index in [1.807, 2.05) is 64.5 Å². The molecule has 2 aromatic rings. The van der Waals surface area contributed by atoms with Crippen molar-refractivity contribution in [3.8, 4) is 0 Å². The number of ether oxygens (including phenoxy) is 5. The molecule has 18 atom stereocenters. The SMILES string of the molecule is CC[C@H]1OC(=O)[C@H](C)[C@@H](C2C[C@@](C)(OC)[C@@H](O)[C@H](C)O2)[C@H](C)[C@@H](O[C@@H]2O[C@H](C)C[C@H](N(C)CCc3cn(Cc4ccc(SC)cc4)nn3)[C@H]2O)[C@](C)(O)C[C@@H](C)CN(C)[C@H](C)[C@@H](O)[C@]1(C)O. The highest BCUT2D eigenvalue weighted by Crippen LogP contribution is 2.45. The Labute approximate surface area is 398 Å². The zero-order valence-electron chi connectivity index (χ0n) is 42.0. The van der Waals surface area contributed by atoms with E-state index in [0.717, 1.165) is 11.3 Å². The van der Waals surface area contributed by atoms with Gasteiger partial charge in [0, 0.05) is 62.1 Å². The number of thioether (sulfide) groups is 1. The first-order chi connectivity index (χ1) is 30.9. The molecule has 0 saturated carbocycles. The van der Waals surface area contributed by atoms with E-state index in [9.17, 15) is 30.3 Å². The topological polar surface area (TPSA) is 202 Å². The van der Waals surface area contributed by atoms with Gasteiger partial charge in [0.05, 0.1) is 53.8 Å². The van der Waals surface area contributed by atoms with Gasteiger partial charge in [-0.1, -0.05) is 45.0 Å². The number of aliphatic hydroxyl groups is 5. The average Bonchev–Trinajstić information content (AvgIpc) is 3.72. The van der Waals surface area contributed by atoms with Gasteiger partial charge >= 0.3 is 5.97 Å². The van der Waals surface area contributed by atoms with Crippen molar-refractivity contribution < 1.29 is 54.0 Å². The summed E-state index contributed by atoms with van der Waals surface area (Å²) in [6, 6.07) is 7.47. The van der Waals surface area contributed by atoms with Crippen molar-refractivity contribution in [3.05, 3.63) is 41.7 Å². The standard InChI is InChI=1S/C49H83N5O11S/c1-15-39-49(10,60)42(56)32(6)53(12)25-28(2)23-47(8,59)44(30(4)40(31(5)45(58)64-39)38-24-48(9,61-13)43(57)33(7)63-38)65-46-41(55)37(22-29(3)62-46)52(11)21-20-35-27-54(51-50-35)26-34-16-18-36(66-14)19-17-34/h16-19,27-33,37-44,46,55-57,59-60H,15,20-26H2,1-14H3/t28-,29-,30+,31-,32-,33+,37+,38?,39-,40+,41-,42-,43+,44-,46+,47-,48-,49-/m1/s1. The molecule has 0 aliphatic carbocycles. The fraction of sp³-hybridized carbons (Fsp3) is 0.816. The molecular weight excluding hydrogens is 867 g/mol. The molecule has 3 fully saturated rings. The first-order valence-electron chi connectivity index (χ1n) is 24.0. The molecule has 5 N–H and O–H groups in total. The van der Waals surface area contributed by atoms with Crippen LogP contribution in [0.5, 0.6) is 0 Å². The number of likely N-dealkylation sites (N-methyl/N-ethyl adjacent to an activating group) is 2. The van der Waals surface area contributed by atoms with E-state index < -0.39 is 95.6 Å². The Morgan fingerprint density at radius 1 is 0.985 bits per heavy atom. The normalized spacial score (nSPS) is 41.6. The molecule has 376 valence electrons. The second-order valence-electron chi connectivity index (χ2n) is 20.8. The van der Waals surface area contributed by atoms with Crippen LogP contribution in [0.15, 0.2) is 35.4 Å². The van der Waals surface area contributed by atoms with E-state index in [2.05, 4.69) is 45.7 Å². The number of aliphatic hydroxyl groups excluding tert-OH is 3. The number of rotatable bonds is 12. The molecule has 17 heteroatoms. The zero-order chi connectivity index (χ0) is 49.1. The van der Waals surface area contributed by atoms with Gasteiger partial charge in [-0.25, -0.2) is 4.68 Å². The lowest BCUT2D eigenvalue weighted by Crippen LogP contribution is -2.62. The highest BCUT2D eigenvalue weighted by atomic mass is 32.2. The van der Waals surface area contributed by atoms with E-state index in [1.54, 1.807) is 39.5 Å². The van der Waals surface area contributed by atoms with Gasteiger partial charge in [0.2, 0.25) is 0 Å². The molecule has 0 amide bonds. The van der Waals surface area contributed by atoms with Crippen LogP contribution in [0.4, 0.5) is 0 Å². The number of hydrogen-bond donors (Lipinski definition) is 5. The minimum Gasteiger partial charge on any atom is -0.459 e. The number of hydrogen-bond acceptors (Lipinski definition) is 16. The molecule has 4 heterocycles. The van der Waals surface area contributed by atoms with Crippen LogP contribution >= 0.6 is 11.8 Å². The van der Waals surface area contributed by atoms with Crippen LogP contribution < -0.4 is 0 Å². The van der Waals surface area contributed by atoms with Crippen LogP contribution in [0, 0.1) is 23.7 Å². The van der Waals surface area contributed by atoms with E-state index in [4.69, 9.17) is 23.7 Å². The minimum atomic E-state index is -1.80. The number of methoxy groups -OCH3 is 1. The Hall–Kier alpha value is -2.26. The van der Waals surface area contributed by atoms with Crippen molar-refractivity contribution in [2.45, 2.75) is 197 Å². The minimum absolute atomic E-state index is 0.157. The Balaban J connectivity index is 1.47. The number of benzene rings is 1. The molecule has 3 saturated heterocycles. The molecule has 1 aromatic heterocycles. The molecule has 1 aromatic carbocycles. The number of aromatic nitrogens is 3. The lowest BCUT2D eigenvalue weighted by molar-refractivity contribution is -0.302. The van der Waals surface area contributed by atoms with Crippen molar-refractivity contribution in [3.63, 3.8) is 0 Å². The Bertz CT molecular complexity index is 1840. The summed E-state index contributed by atoms with van der Waals surface area (Å²) >= 11 is 1.70. The number of esters is 1. The van der Waals surface area contributed by atoms with Crippen LogP contribution in [0.1, 0.15) is 106 Å². The lowest BCUT2D eigenvalue weighted by Gasteiger charge is -2.51. The van der Waals surface area contributed by atoms with Crippen LogP contribution in [0.3, 0.4) is 0 Å².